The van der Waals surface area contributed by atoms with Crippen LogP contribution in [0, 0.1) is 0 Å². The molecular weight excluding hydrogens is 216 g/mol. The number of hydrogen-bond acceptors (Lipinski definition) is 4. The van der Waals surface area contributed by atoms with E-state index < -0.39 is 12.0 Å². The van der Waals surface area contributed by atoms with E-state index in [1.165, 1.54) is 11.8 Å². The van der Waals surface area contributed by atoms with Gasteiger partial charge in [-0.1, -0.05) is 0 Å². The third-order valence-corrected chi connectivity index (χ3v) is 2.50. The molecule has 0 saturated heterocycles. The summed E-state index contributed by atoms with van der Waals surface area (Å²) in [4.78, 5) is 21.6. The number of quaternary nitrogens is 1. The highest BCUT2D eigenvalue weighted by Gasteiger charge is 2.14. The topological polar surface area (TPSA) is 96.9 Å². The molecule has 1 atom stereocenters. The van der Waals surface area contributed by atoms with Gasteiger partial charge in [-0.25, -0.2) is 0 Å². The first-order valence-electron chi connectivity index (χ1n) is 4.65. The Morgan fingerprint density at radius 1 is 1.47 bits per heavy atom. The van der Waals surface area contributed by atoms with Gasteiger partial charge in [0.15, 0.2) is 0 Å². The number of carbonyl (C=O) groups excluding carboxylic acids is 2. The average Bonchev–Trinajstić information content (AvgIpc) is 2.00. The van der Waals surface area contributed by atoms with Gasteiger partial charge in [-0.15, -0.1) is 11.8 Å². The van der Waals surface area contributed by atoms with Crippen LogP contribution in [0.5, 0.6) is 0 Å². The summed E-state index contributed by atoms with van der Waals surface area (Å²) in [6.45, 7) is 5.67. The molecule has 0 rings (SSSR count). The Hall–Kier alpha value is -0.750. The predicted molar refractivity (Wildman–Crippen MR) is 56.9 cm³/mol. The van der Waals surface area contributed by atoms with Crippen molar-refractivity contribution in [3.8, 4) is 0 Å². The monoisotopic (exact) mass is 234 g/mol. The van der Waals surface area contributed by atoms with E-state index in [0.717, 1.165) is 0 Å². The van der Waals surface area contributed by atoms with Crippen LogP contribution >= 0.6 is 11.8 Å². The van der Waals surface area contributed by atoms with Crippen molar-refractivity contribution in [3.63, 3.8) is 0 Å². The first kappa shape index (κ1) is 14.2. The van der Waals surface area contributed by atoms with Crippen LogP contribution < -0.4 is 16.2 Å². The molecule has 4 N–H and O–H groups in total. The van der Waals surface area contributed by atoms with Crippen molar-refractivity contribution in [2.45, 2.75) is 32.4 Å². The van der Waals surface area contributed by atoms with E-state index in [-0.39, 0.29) is 17.2 Å². The van der Waals surface area contributed by atoms with Crippen molar-refractivity contribution in [2.75, 3.05) is 11.5 Å². The van der Waals surface area contributed by atoms with Crippen LogP contribution in [-0.4, -0.2) is 35.0 Å². The molecule has 0 heterocycles. The second-order valence-electron chi connectivity index (χ2n) is 4.33. The van der Waals surface area contributed by atoms with Gasteiger partial charge >= 0.3 is 0 Å². The molecule has 0 saturated carbocycles. The quantitative estimate of drug-likeness (QED) is 0.574. The third kappa shape index (κ3) is 8.26. The molecular formula is C9H18N2O3S. The lowest BCUT2D eigenvalue weighted by Gasteiger charge is -2.20. The van der Waals surface area contributed by atoms with E-state index in [4.69, 9.17) is 0 Å². The molecule has 0 radical (unpaired) electrons. The smallest absolute Gasteiger partial charge is 0.230 e. The number of carboxylic acid groups (broad SMARTS) is 1. The first-order chi connectivity index (χ1) is 6.72. The van der Waals surface area contributed by atoms with Crippen LogP contribution in [0.3, 0.4) is 0 Å². The normalized spacial score (nSPS) is 13.3. The summed E-state index contributed by atoms with van der Waals surface area (Å²) in [5.41, 5.74) is 3.14. The van der Waals surface area contributed by atoms with Crippen molar-refractivity contribution >= 4 is 23.6 Å². The lowest BCUT2D eigenvalue weighted by atomic mass is 10.1. The van der Waals surface area contributed by atoms with Crippen LogP contribution in [0.15, 0.2) is 0 Å². The summed E-state index contributed by atoms with van der Waals surface area (Å²) in [6.07, 6.45) is 0. The number of thioether (sulfide) groups is 1. The van der Waals surface area contributed by atoms with Crippen molar-refractivity contribution in [1.82, 2.24) is 5.32 Å². The van der Waals surface area contributed by atoms with E-state index >= 15 is 0 Å². The van der Waals surface area contributed by atoms with Crippen molar-refractivity contribution in [3.05, 3.63) is 0 Å². The number of hydrogen-bond donors (Lipinski definition) is 2. The second-order valence-corrected chi connectivity index (χ2v) is 5.36. The van der Waals surface area contributed by atoms with Gasteiger partial charge in [0, 0.05) is 5.54 Å². The molecule has 1 amide bonds. The number of nitrogens with one attached hydrogen (secondary N) is 1. The maximum absolute atomic E-state index is 11.3. The zero-order valence-electron chi connectivity index (χ0n) is 9.33. The molecule has 0 bridgehead atoms. The Morgan fingerprint density at radius 3 is 2.40 bits per heavy atom. The minimum absolute atomic E-state index is 0.0990. The maximum atomic E-state index is 11.3. The number of rotatable bonds is 5. The van der Waals surface area contributed by atoms with E-state index in [1.807, 2.05) is 20.8 Å². The van der Waals surface area contributed by atoms with Gasteiger partial charge in [-0.05, 0) is 20.8 Å². The van der Waals surface area contributed by atoms with E-state index in [9.17, 15) is 14.7 Å². The molecule has 0 aromatic rings. The fraction of sp³-hybridized carbons (Fsp3) is 0.778. The molecule has 0 aromatic carbocycles. The largest absolute Gasteiger partial charge is 0.544 e. The van der Waals surface area contributed by atoms with Crippen molar-refractivity contribution in [1.29, 1.82) is 0 Å². The minimum Gasteiger partial charge on any atom is -0.544 e. The predicted octanol–water partition coefficient (Wildman–Crippen LogP) is -2.01. The van der Waals surface area contributed by atoms with Crippen LogP contribution in [0.2, 0.25) is 0 Å². The minimum atomic E-state index is -1.18. The molecule has 0 unspecified atom stereocenters. The van der Waals surface area contributed by atoms with Crippen LogP contribution in [0.1, 0.15) is 20.8 Å². The van der Waals surface area contributed by atoms with Gasteiger partial charge in [-0.3, -0.25) is 4.79 Å². The molecule has 0 spiro atoms. The third-order valence-electron chi connectivity index (χ3n) is 1.40. The highest BCUT2D eigenvalue weighted by atomic mass is 32.2. The van der Waals surface area contributed by atoms with E-state index in [2.05, 4.69) is 11.1 Å². The summed E-state index contributed by atoms with van der Waals surface area (Å²) >= 11 is 1.24. The highest BCUT2D eigenvalue weighted by molar-refractivity contribution is 8.00. The summed E-state index contributed by atoms with van der Waals surface area (Å²) in [5.74, 6) is -0.743. The summed E-state index contributed by atoms with van der Waals surface area (Å²) in [7, 11) is 0. The molecule has 0 fully saturated rings. The SMILES string of the molecule is CC(C)(C)NC(=O)CSC[C@H]([NH3+])C(=O)[O-]. The van der Waals surface area contributed by atoms with Gasteiger partial charge in [0.1, 0.15) is 6.04 Å². The molecule has 15 heavy (non-hydrogen) atoms. The Balaban J connectivity index is 3.69. The first-order valence-corrected chi connectivity index (χ1v) is 5.80. The van der Waals surface area contributed by atoms with Gasteiger partial charge in [0.25, 0.3) is 0 Å². The fourth-order valence-corrected chi connectivity index (χ4v) is 1.61. The van der Waals surface area contributed by atoms with Crippen molar-refractivity contribution < 1.29 is 20.4 Å². The van der Waals surface area contributed by atoms with E-state index in [1.54, 1.807) is 0 Å². The molecule has 88 valence electrons. The standard InChI is InChI=1S/C9H18N2O3S/c1-9(2,3)11-7(12)5-15-4-6(10)8(13)14/h6H,4-5,10H2,1-3H3,(H,11,12)(H,13,14)/t6-/m0/s1. The van der Waals surface area contributed by atoms with Crippen LogP contribution in [0.4, 0.5) is 0 Å². The second kappa shape index (κ2) is 5.97. The average molecular weight is 234 g/mol. The molecule has 0 aliphatic heterocycles. The van der Waals surface area contributed by atoms with Crippen molar-refractivity contribution in [2.24, 2.45) is 0 Å². The Morgan fingerprint density at radius 2 is 2.00 bits per heavy atom. The summed E-state index contributed by atoms with van der Waals surface area (Å²) < 4.78 is 0. The summed E-state index contributed by atoms with van der Waals surface area (Å²) in [5, 5.41) is 13.1. The number of carbonyl (C=O) groups is 2. The maximum Gasteiger partial charge on any atom is 0.230 e. The van der Waals surface area contributed by atoms with Crippen LogP contribution in [0.25, 0.3) is 0 Å². The van der Waals surface area contributed by atoms with Gasteiger partial charge in [-0.2, -0.15) is 0 Å². The van der Waals surface area contributed by atoms with Gasteiger partial charge < -0.3 is 21.0 Å². The zero-order valence-corrected chi connectivity index (χ0v) is 10.1. The molecule has 0 aliphatic carbocycles. The van der Waals surface area contributed by atoms with Gasteiger partial charge in [0.05, 0.1) is 17.5 Å². The number of aliphatic carboxylic acids is 1. The Kier molecular flexibility index (Phi) is 5.67. The Labute approximate surface area is 93.8 Å². The van der Waals surface area contributed by atoms with Gasteiger partial charge in [0.2, 0.25) is 5.91 Å². The lowest BCUT2D eigenvalue weighted by molar-refractivity contribution is -0.431. The molecule has 0 aromatic heterocycles. The highest BCUT2D eigenvalue weighted by Crippen LogP contribution is 2.03. The molecule has 6 heteroatoms. The fourth-order valence-electron chi connectivity index (χ4n) is 0.816. The number of amides is 1. The summed E-state index contributed by atoms with van der Waals surface area (Å²) in [6, 6.07) is -0.766. The lowest BCUT2D eigenvalue weighted by Crippen LogP contribution is -2.69. The molecule has 5 nitrogen and oxygen atoms in total. The Bertz CT molecular complexity index is 238. The number of carboxylic acids is 1. The zero-order chi connectivity index (χ0) is 12.1. The van der Waals surface area contributed by atoms with E-state index in [0.29, 0.717) is 5.75 Å². The van der Waals surface area contributed by atoms with Crippen LogP contribution in [-0.2, 0) is 9.59 Å². The molecule has 0 aliphatic rings.